The average molecular weight is 366 g/mol. The molecule has 9 heteroatoms. The van der Waals surface area contributed by atoms with Gasteiger partial charge >= 0.3 is 0 Å². The van der Waals surface area contributed by atoms with Crippen molar-refractivity contribution >= 4 is 17.5 Å². The van der Waals surface area contributed by atoms with Gasteiger partial charge in [0.05, 0.1) is 12.7 Å². The van der Waals surface area contributed by atoms with E-state index in [0.29, 0.717) is 30.8 Å². The summed E-state index contributed by atoms with van der Waals surface area (Å²) in [5.74, 6) is 0.467. The van der Waals surface area contributed by atoms with E-state index in [0.717, 1.165) is 11.3 Å². The van der Waals surface area contributed by atoms with Crippen LogP contribution in [0.5, 0.6) is 5.75 Å². The smallest absolute Gasteiger partial charge is 0.255 e. The molecule has 2 amide bonds. The third-order valence-electron chi connectivity index (χ3n) is 4.55. The molecule has 1 aliphatic rings. The number of tetrazole rings is 1. The number of carbonyl (C=O) groups excluding carboxylic acids is 2. The highest BCUT2D eigenvalue weighted by Crippen LogP contribution is 2.17. The first-order valence-electron chi connectivity index (χ1n) is 8.52. The van der Waals surface area contributed by atoms with E-state index in [-0.39, 0.29) is 18.4 Å². The normalized spacial score (nSPS) is 14.6. The Hall–Kier alpha value is -3.49. The van der Waals surface area contributed by atoms with Gasteiger partial charge in [-0.1, -0.05) is 12.1 Å². The number of fused-ring (bicyclic) bond motifs is 1. The Bertz CT molecular complexity index is 1000. The molecule has 0 aliphatic carbocycles. The molecule has 1 fully saturated rings. The van der Waals surface area contributed by atoms with Gasteiger partial charge in [0, 0.05) is 25.8 Å². The van der Waals surface area contributed by atoms with Crippen molar-refractivity contribution in [2.45, 2.75) is 6.54 Å². The number of amides is 2. The van der Waals surface area contributed by atoms with Crippen LogP contribution in [0.4, 0.5) is 0 Å². The lowest BCUT2D eigenvalue weighted by Gasteiger charge is -2.34. The van der Waals surface area contributed by atoms with Crippen molar-refractivity contribution in [2.75, 3.05) is 26.7 Å². The lowest BCUT2D eigenvalue weighted by atomic mass is 10.1. The maximum absolute atomic E-state index is 12.7. The maximum Gasteiger partial charge on any atom is 0.255 e. The number of rotatable bonds is 4. The van der Waals surface area contributed by atoms with Crippen LogP contribution < -0.4 is 4.74 Å². The fourth-order valence-corrected chi connectivity index (χ4v) is 3.09. The van der Waals surface area contributed by atoms with Gasteiger partial charge in [-0.2, -0.15) is 4.52 Å². The lowest BCUT2D eigenvalue weighted by molar-refractivity contribution is -0.135. The molecule has 0 unspecified atom stereocenters. The molecule has 138 valence electrons. The zero-order valence-corrected chi connectivity index (χ0v) is 14.8. The largest absolute Gasteiger partial charge is 0.497 e. The van der Waals surface area contributed by atoms with Crippen LogP contribution in [-0.4, -0.2) is 68.4 Å². The second-order valence-corrected chi connectivity index (χ2v) is 6.29. The van der Waals surface area contributed by atoms with Crippen LogP contribution in [0.15, 0.2) is 42.6 Å². The van der Waals surface area contributed by atoms with Crippen LogP contribution in [0.3, 0.4) is 0 Å². The Morgan fingerprint density at radius 1 is 1.22 bits per heavy atom. The zero-order chi connectivity index (χ0) is 18.8. The van der Waals surface area contributed by atoms with Crippen molar-refractivity contribution in [2.24, 2.45) is 0 Å². The van der Waals surface area contributed by atoms with Crippen molar-refractivity contribution in [1.29, 1.82) is 0 Å². The minimum Gasteiger partial charge on any atom is -0.497 e. The number of aromatic nitrogens is 4. The highest BCUT2D eigenvalue weighted by molar-refractivity contribution is 5.97. The van der Waals surface area contributed by atoms with Crippen molar-refractivity contribution < 1.29 is 14.3 Å². The SMILES string of the molecule is COc1cccc(CN2CCN(C(=O)c3ccc4nnnn4c3)CC2=O)c1. The predicted octanol–water partition coefficient (Wildman–Crippen LogP) is 0.617. The van der Waals surface area contributed by atoms with Crippen molar-refractivity contribution in [3.05, 3.63) is 53.7 Å². The van der Waals surface area contributed by atoms with Gasteiger partial charge in [-0.05, 0) is 40.3 Å². The van der Waals surface area contributed by atoms with Crippen LogP contribution in [0, 0.1) is 0 Å². The summed E-state index contributed by atoms with van der Waals surface area (Å²) in [6.07, 6.45) is 1.57. The van der Waals surface area contributed by atoms with Gasteiger partial charge in [-0.15, -0.1) is 5.10 Å². The van der Waals surface area contributed by atoms with E-state index in [1.54, 1.807) is 35.2 Å². The third-order valence-corrected chi connectivity index (χ3v) is 4.55. The lowest BCUT2D eigenvalue weighted by Crippen LogP contribution is -2.51. The number of nitrogens with zero attached hydrogens (tertiary/aromatic N) is 6. The summed E-state index contributed by atoms with van der Waals surface area (Å²) in [7, 11) is 1.61. The molecule has 1 saturated heterocycles. The molecular formula is C18H18N6O3. The number of pyridine rings is 1. The summed E-state index contributed by atoms with van der Waals surface area (Å²) in [6, 6.07) is 11.0. The summed E-state index contributed by atoms with van der Waals surface area (Å²) in [5.41, 5.74) is 2.00. The minimum absolute atomic E-state index is 0.0520. The molecule has 27 heavy (non-hydrogen) atoms. The summed E-state index contributed by atoms with van der Waals surface area (Å²) < 4.78 is 6.66. The average Bonchev–Trinajstić information content (AvgIpc) is 3.17. The molecule has 1 aliphatic heterocycles. The summed E-state index contributed by atoms with van der Waals surface area (Å²) in [5, 5.41) is 11.2. The molecule has 0 spiro atoms. The first-order chi connectivity index (χ1) is 13.1. The predicted molar refractivity (Wildman–Crippen MR) is 95.1 cm³/mol. The van der Waals surface area contributed by atoms with E-state index < -0.39 is 0 Å². The standard InChI is InChI=1S/C18H18N6O3/c1-27-15-4-2-3-13(9-15)10-22-7-8-23(12-17(22)25)18(26)14-5-6-16-19-20-21-24(16)11-14/h2-6,9,11H,7-8,10,12H2,1H3. The Morgan fingerprint density at radius 2 is 2.11 bits per heavy atom. The second-order valence-electron chi connectivity index (χ2n) is 6.29. The Morgan fingerprint density at radius 3 is 2.93 bits per heavy atom. The fourth-order valence-electron chi connectivity index (χ4n) is 3.09. The summed E-state index contributed by atoms with van der Waals surface area (Å²) in [6.45, 7) is 1.50. The van der Waals surface area contributed by atoms with E-state index in [1.165, 1.54) is 4.52 Å². The van der Waals surface area contributed by atoms with E-state index in [9.17, 15) is 9.59 Å². The van der Waals surface area contributed by atoms with Crippen LogP contribution in [0.25, 0.3) is 5.65 Å². The van der Waals surface area contributed by atoms with E-state index in [2.05, 4.69) is 15.5 Å². The van der Waals surface area contributed by atoms with Crippen molar-refractivity contribution in [3.8, 4) is 5.75 Å². The highest BCUT2D eigenvalue weighted by Gasteiger charge is 2.28. The van der Waals surface area contributed by atoms with E-state index in [4.69, 9.17) is 4.74 Å². The van der Waals surface area contributed by atoms with Gasteiger partial charge in [0.25, 0.3) is 5.91 Å². The van der Waals surface area contributed by atoms with Gasteiger partial charge in [0.2, 0.25) is 5.91 Å². The molecule has 4 rings (SSSR count). The fraction of sp³-hybridized carbons (Fsp3) is 0.278. The van der Waals surface area contributed by atoms with Crippen LogP contribution in [0.2, 0.25) is 0 Å². The highest BCUT2D eigenvalue weighted by atomic mass is 16.5. The van der Waals surface area contributed by atoms with Gasteiger partial charge in [-0.3, -0.25) is 9.59 Å². The molecule has 0 saturated carbocycles. The number of carbonyl (C=O) groups is 2. The maximum atomic E-state index is 12.7. The molecule has 0 N–H and O–H groups in total. The van der Waals surface area contributed by atoms with Crippen molar-refractivity contribution in [1.82, 2.24) is 29.8 Å². The van der Waals surface area contributed by atoms with Crippen LogP contribution >= 0.6 is 0 Å². The third kappa shape index (κ3) is 3.43. The number of ether oxygens (including phenoxy) is 1. The number of piperazine rings is 1. The van der Waals surface area contributed by atoms with Gasteiger partial charge in [0.1, 0.15) is 12.3 Å². The van der Waals surface area contributed by atoms with Gasteiger partial charge in [-0.25, -0.2) is 0 Å². The number of hydrogen-bond donors (Lipinski definition) is 0. The Labute approximate surface area is 155 Å². The first kappa shape index (κ1) is 17.0. The summed E-state index contributed by atoms with van der Waals surface area (Å²) >= 11 is 0. The molecule has 1 aromatic carbocycles. The second kappa shape index (κ2) is 7.02. The zero-order valence-electron chi connectivity index (χ0n) is 14.8. The minimum atomic E-state index is -0.207. The van der Waals surface area contributed by atoms with E-state index >= 15 is 0 Å². The molecule has 3 aromatic rings. The molecule has 0 atom stereocenters. The number of hydrogen-bond acceptors (Lipinski definition) is 6. The van der Waals surface area contributed by atoms with Gasteiger partial charge < -0.3 is 14.5 Å². The van der Waals surface area contributed by atoms with Crippen LogP contribution in [0.1, 0.15) is 15.9 Å². The first-order valence-corrected chi connectivity index (χ1v) is 8.52. The van der Waals surface area contributed by atoms with Crippen molar-refractivity contribution in [3.63, 3.8) is 0 Å². The van der Waals surface area contributed by atoms with Gasteiger partial charge in [0.15, 0.2) is 5.65 Å². The monoisotopic (exact) mass is 366 g/mol. The molecule has 0 bridgehead atoms. The topological polar surface area (TPSA) is 92.9 Å². The molecule has 0 radical (unpaired) electrons. The number of benzene rings is 1. The molecule has 3 heterocycles. The molecular weight excluding hydrogens is 348 g/mol. The summed E-state index contributed by atoms with van der Waals surface area (Å²) in [4.78, 5) is 28.6. The Balaban J connectivity index is 1.43. The number of methoxy groups -OCH3 is 1. The molecule has 2 aromatic heterocycles. The van der Waals surface area contributed by atoms with Crippen LogP contribution in [-0.2, 0) is 11.3 Å². The molecule has 9 nitrogen and oxygen atoms in total. The quantitative estimate of drug-likeness (QED) is 0.672. The van der Waals surface area contributed by atoms with E-state index in [1.807, 2.05) is 24.3 Å². The Kier molecular flexibility index (Phi) is 4.41.